The number of rotatable bonds is 7. The van der Waals surface area contributed by atoms with E-state index in [-0.39, 0.29) is 24.0 Å². The van der Waals surface area contributed by atoms with E-state index < -0.39 is 0 Å². The highest BCUT2D eigenvalue weighted by atomic mass is 127. The lowest BCUT2D eigenvalue weighted by molar-refractivity contribution is 0.306. The fourth-order valence-electron chi connectivity index (χ4n) is 2.02. The maximum atomic E-state index is 5.85. The first-order valence-electron chi connectivity index (χ1n) is 7.93. The summed E-state index contributed by atoms with van der Waals surface area (Å²) < 4.78 is 5.82. The number of nitrogens with one attached hydrogen (secondary N) is 1. The average Bonchev–Trinajstić information content (AvgIpc) is 2.57. The molecule has 0 unspecified atom stereocenters. The molecule has 0 spiro atoms. The van der Waals surface area contributed by atoms with Gasteiger partial charge in [-0.25, -0.2) is 4.99 Å². The Morgan fingerprint density at radius 1 is 1.08 bits per heavy atom. The van der Waals surface area contributed by atoms with E-state index in [1.165, 1.54) is 0 Å². The zero-order valence-electron chi connectivity index (χ0n) is 14.2. The van der Waals surface area contributed by atoms with Crippen molar-refractivity contribution in [2.45, 2.75) is 27.0 Å². The Bertz CT molecular complexity index is 630. The molecule has 0 atom stereocenters. The van der Waals surface area contributed by atoms with Crippen molar-refractivity contribution in [3.63, 3.8) is 0 Å². The second-order valence-electron chi connectivity index (χ2n) is 5.90. The predicted molar refractivity (Wildman–Crippen MR) is 111 cm³/mol. The van der Waals surface area contributed by atoms with Crippen molar-refractivity contribution in [1.29, 1.82) is 0 Å². The first-order valence-corrected chi connectivity index (χ1v) is 7.93. The highest BCUT2D eigenvalue weighted by Crippen LogP contribution is 2.15. The minimum absolute atomic E-state index is 0. The topological polar surface area (TPSA) is 59.6 Å². The third-order valence-corrected chi connectivity index (χ3v) is 3.27. The van der Waals surface area contributed by atoms with Crippen LogP contribution in [0.25, 0.3) is 0 Å². The summed E-state index contributed by atoms with van der Waals surface area (Å²) in [6, 6.07) is 18.1. The summed E-state index contributed by atoms with van der Waals surface area (Å²) in [6.07, 6.45) is 0. The number of nitrogens with two attached hydrogens (primary N) is 1. The Balaban J connectivity index is 0.00000288. The zero-order chi connectivity index (χ0) is 16.5. The molecule has 24 heavy (non-hydrogen) atoms. The van der Waals surface area contributed by atoms with Gasteiger partial charge < -0.3 is 15.8 Å². The first-order chi connectivity index (χ1) is 11.1. The van der Waals surface area contributed by atoms with Crippen molar-refractivity contribution in [3.05, 3.63) is 65.7 Å². The fraction of sp³-hybridized carbons (Fsp3) is 0.316. The van der Waals surface area contributed by atoms with Crippen LogP contribution in [-0.4, -0.2) is 12.5 Å². The molecule has 5 heteroatoms. The zero-order valence-corrected chi connectivity index (χ0v) is 16.6. The molecular formula is C19H26IN3O. The molecule has 0 bridgehead atoms. The van der Waals surface area contributed by atoms with Crippen molar-refractivity contribution in [2.75, 3.05) is 6.54 Å². The van der Waals surface area contributed by atoms with E-state index in [9.17, 15) is 0 Å². The van der Waals surface area contributed by atoms with Gasteiger partial charge in [-0.05, 0) is 29.2 Å². The number of nitrogens with zero attached hydrogens (tertiary/aromatic N) is 1. The van der Waals surface area contributed by atoms with Gasteiger partial charge >= 0.3 is 0 Å². The summed E-state index contributed by atoms with van der Waals surface area (Å²) in [5.41, 5.74) is 8.08. The monoisotopic (exact) mass is 439 g/mol. The largest absolute Gasteiger partial charge is 0.489 e. The van der Waals surface area contributed by atoms with E-state index in [1.54, 1.807) is 0 Å². The van der Waals surface area contributed by atoms with Gasteiger partial charge in [-0.3, -0.25) is 0 Å². The van der Waals surface area contributed by atoms with Gasteiger partial charge in [0.05, 0.1) is 6.54 Å². The van der Waals surface area contributed by atoms with E-state index in [0.29, 0.717) is 25.0 Å². The van der Waals surface area contributed by atoms with Crippen LogP contribution in [0.1, 0.15) is 25.0 Å². The third-order valence-electron chi connectivity index (χ3n) is 3.27. The third kappa shape index (κ3) is 7.68. The van der Waals surface area contributed by atoms with E-state index >= 15 is 0 Å². The summed E-state index contributed by atoms with van der Waals surface area (Å²) >= 11 is 0. The van der Waals surface area contributed by atoms with Crippen LogP contribution in [0.4, 0.5) is 0 Å². The summed E-state index contributed by atoms with van der Waals surface area (Å²) in [4.78, 5) is 4.35. The van der Waals surface area contributed by atoms with Crippen LogP contribution in [0, 0.1) is 5.92 Å². The van der Waals surface area contributed by atoms with Gasteiger partial charge in [0, 0.05) is 6.54 Å². The van der Waals surface area contributed by atoms with Crippen molar-refractivity contribution < 1.29 is 4.74 Å². The predicted octanol–water partition coefficient (Wildman–Crippen LogP) is 3.94. The van der Waals surface area contributed by atoms with E-state index in [2.05, 4.69) is 36.3 Å². The summed E-state index contributed by atoms with van der Waals surface area (Å²) in [6.45, 7) is 6.20. The van der Waals surface area contributed by atoms with Crippen molar-refractivity contribution >= 4 is 29.9 Å². The highest BCUT2D eigenvalue weighted by Gasteiger charge is 1.99. The molecular weight excluding hydrogens is 413 g/mol. The smallest absolute Gasteiger partial charge is 0.188 e. The Morgan fingerprint density at radius 2 is 1.79 bits per heavy atom. The van der Waals surface area contributed by atoms with Crippen molar-refractivity contribution in [2.24, 2.45) is 16.6 Å². The number of hydrogen-bond acceptors (Lipinski definition) is 2. The van der Waals surface area contributed by atoms with Crippen LogP contribution in [0.15, 0.2) is 59.6 Å². The molecule has 130 valence electrons. The molecule has 0 saturated heterocycles. The lowest BCUT2D eigenvalue weighted by Gasteiger charge is -2.09. The second-order valence-corrected chi connectivity index (χ2v) is 5.90. The standard InChI is InChI=1S/C19H25N3O.HI/c1-15(2)12-21-19(20)22-13-17-9-6-10-18(11-17)23-14-16-7-4-3-5-8-16;/h3-11,15H,12-14H2,1-2H3,(H3,20,21,22);1H. The van der Waals surface area contributed by atoms with Gasteiger partial charge in [0.2, 0.25) is 0 Å². The second kappa shape index (κ2) is 10.9. The summed E-state index contributed by atoms with van der Waals surface area (Å²) in [5, 5.41) is 3.11. The van der Waals surface area contributed by atoms with E-state index in [4.69, 9.17) is 10.5 Å². The maximum Gasteiger partial charge on any atom is 0.188 e. The maximum absolute atomic E-state index is 5.85. The molecule has 0 fully saturated rings. The molecule has 0 aliphatic rings. The number of benzene rings is 2. The van der Waals surface area contributed by atoms with E-state index in [0.717, 1.165) is 23.4 Å². The van der Waals surface area contributed by atoms with Crippen LogP contribution >= 0.6 is 24.0 Å². The van der Waals surface area contributed by atoms with Gasteiger partial charge in [-0.1, -0.05) is 56.3 Å². The Kier molecular flexibility index (Phi) is 9.22. The molecule has 2 aromatic carbocycles. The molecule has 0 aliphatic carbocycles. The molecule has 2 rings (SSSR count). The van der Waals surface area contributed by atoms with E-state index in [1.807, 2.05) is 42.5 Å². The number of hydrogen-bond donors (Lipinski definition) is 2. The molecule has 0 heterocycles. The van der Waals surface area contributed by atoms with Crippen LogP contribution in [0.5, 0.6) is 5.75 Å². The molecule has 4 nitrogen and oxygen atoms in total. The molecule has 0 aliphatic heterocycles. The average molecular weight is 439 g/mol. The number of aliphatic imine (C=N–C) groups is 1. The molecule has 0 aromatic heterocycles. The van der Waals surface area contributed by atoms with Gasteiger partial charge in [0.25, 0.3) is 0 Å². The number of guanidine groups is 1. The van der Waals surface area contributed by atoms with Gasteiger partial charge in [-0.15, -0.1) is 24.0 Å². The van der Waals surface area contributed by atoms with Gasteiger partial charge in [0.15, 0.2) is 5.96 Å². The molecule has 3 N–H and O–H groups in total. The Labute approximate surface area is 161 Å². The first kappa shape index (κ1) is 20.3. The van der Waals surface area contributed by atoms with Gasteiger partial charge in [-0.2, -0.15) is 0 Å². The molecule has 0 amide bonds. The Morgan fingerprint density at radius 3 is 2.50 bits per heavy atom. The molecule has 0 radical (unpaired) electrons. The lowest BCUT2D eigenvalue weighted by atomic mass is 10.2. The van der Waals surface area contributed by atoms with Crippen LogP contribution < -0.4 is 15.8 Å². The number of halogens is 1. The molecule has 2 aromatic rings. The minimum Gasteiger partial charge on any atom is -0.489 e. The van der Waals surface area contributed by atoms with Crippen LogP contribution in [0.3, 0.4) is 0 Å². The van der Waals surface area contributed by atoms with Crippen molar-refractivity contribution in [1.82, 2.24) is 5.32 Å². The van der Waals surface area contributed by atoms with Gasteiger partial charge in [0.1, 0.15) is 12.4 Å². The van der Waals surface area contributed by atoms with Crippen LogP contribution in [-0.2, 0) is 13.2 Å². The minimum atomic E-state index is 0. The quantitative estimate of drug-likeness (QED) is 0.390. The highest BCUT2D eigenvalue weighted by molar-refractivity contribution is 14.0. The van der Waals surface area contributed by atoms with Crippen LogP contribution in [0.2, 0.25) is 0 Å². The Hall–Kier alpha value is -1.76. The molecule has 0 saturated carbocycles. The summed E-state index contributed by atoms with van der Waals surface area (Å²) in [7, 11) is 0. The fourth-order valence-corrected chi connectivity index (χ4v) is 2.02. The number of ether oxygens (including phenoxy) is 1. The summed E-state index contributed by atoms with van der Waals surface area (Å²) in [5.74, 6) is 1.86. The SMILES string of the molecule is CC(C)CNC(N)=NCc1cccc(OCc2ccccc2)c1.I. The van der Waals surface area contributed by atoms with Crippen molar-refractivity contribution in [3.8, 4) is 5.75 Å². The lowest BCUT2D eigenvalue weighted by Crippen LogP contribution is -2.34. The normalized spacial score (nSPS) is 11.0.